The molecule has 0 saturated heterocycles. The standard InChI is InChI=1S/C15H15NO3S/c1-11-7-9-12(10-8-11)14(17)15(20(16,18)19)13-5-3-2-4-6-13/h2-10,15H,1H3,(H2,16,18,19). The molecule has 0 aliphatic heterocycles. The van der Waals surface area contributed by atoms with Crippen LogP contribution in [0.5, 0.6) is 0 Å². The van der Waals surface area contributed by atoms with E-state index in [9.17, 15) is 13.2 Å². The Morgan fingerprint density at radius 2 is 1.55 bits per heavy atom. The number of rotatable bonds is 4. The van der Waals surface area contributed by atoms with Gasteiger partial charge in [0.15, 0.2) is 11.0 Å². The van der Waals surface area contributed by atoms with Gasteiger partial charge in [0.2, 0.25) is 10.0 Å². The maximum Gasteiger partial charge on any atom is 0.223 e. The lowest BCUT2D eigenvalue weighted by molar-refractivity contribution is 0.0987. The minimum absolute atomic E-state index is 0.332. The molecule has 0 heterocycles. The molecule has 0 saturated carbocycles. The minimum atomic E-state index is -4.03. The lowest BCUT2D eigenvalue weighted by Crippen LogP contribution is -2.28. The molecule has 0 aliphatic carbocycles. The Morgan fingerprint density at radius 3 is 2.05 bits per heavy atom. The zero-order valence-corrected chi connectivity index (χ0v) is 11.8. The van der Waals surface area contributed by atoms with Gasteiger partial charge in [0.25, 0.3) is 0 Å². The monoisotopic (exact) mass is 289 g/mol. The van der Waals surface area contributed by atoms with Crippen molar-refractivity contribution in [1.29, 1.82) is 0 Å². The van der Waals surface area contributed by atoms with Crippen LogP contribution in [-0.2, 0) is 10.0 Å². The zero-order valence-electron chi connectivity index (χ0n) is 11.0. The number of ketones is 1. The van der Waals surface area contributed by atoms with E-state index in [0.717, 1.165) is 5.56 Å². The van der Waals surface area contributed by atoms with E-state index >= 15 is 0 Å². The molecule has 0 aliphatic rings. The fourth-order valence-electron chi connectivity index (χ4n) is 1.99. The summed E-state index contributed by atoms with van der Waals surface area (Å²) in [4.78, 5) is 12.4. The van der Waals surface area contributed by atoms with Crippen LogP contribution in [0.3, 0.4) is 0 Å². The Kier molecular flexibility index (Phi) is 4.01. The maximum absolute atomic E-state index is 12.4. The van der Waals surface area contributed by atoms with Crippen LogP contribution in [0, 0.1) is 6.92 Å². The topological polar surface area (TPSA) is 77.2 Å². The zero-order chi connectivity index (χ0) is 14.8. The molecule has 2 aromatic rings. The van der Waals surface area contributed by atoms with E-state index in [1.165, 1.54) is 0 Å². The second kappa shape index (κ2) is 5.56. The Labute approximate surface area is 118 Å². The van der Waals surface area contributed by atoms with E-state index in [-0.39, 0.29) is 0 Å². The fourth-order valence-corrected chi connectivity index (χ4v) is 2.96. The Bertz CT molecular complexity index is 707. The van der Waals surface area contributed by atoms with Gasteiger partial charge in [-0.1, -0.05) is 60.2 Å². The number of hydrogen-bond donors (Lipinski definition) is 1. The van der Waals surface area contributed by atoms with Crippen molar-refractivity contribution in [2.45, 2.75) is 12.2 Å². The maximum atomic E-state index is 12.4. The predicted molar refractivity (Wildman–Crippen MR) is 77.8 cm³/mol. The van der Waals surface area contributed by atoms with Gasteiger partial charge >= 0.3 is 0 Å². The summed E-state index contributed by atoms with van der Waals surface area (Å²) in [5, 5.41) is 3.86. The first-order valence-electron chi connectivity index (χ1n) is 6.07. The van der Waals surface area contributed by atoms with Crippen molar-refractivity contribution in [2.75, 3.05) is 0 Å². The molecule has 20 heavy (non-hydrogen) atoms. The predicted octanol–water partition coefficient (Wildman–Crippen LogP) is 2.21. The summed E-state index contributed by atoms with van der Waals surface area (Å²) >= 11 is 0. The Morgan fingerprint density at radius 1 is 1.00 bits per heavy atom. The third-order valence-corrected chi connectivity index (χ3v) is 4.15. The van der Waals surface area contributed by atoms with Crippen molar-refractivity contribution in [1.82, 2.24) is 0 Å². The van der Waals surface area contributed by atoms with E-state index in [4.69, 9.17) is 5.14 Å². The van der Waals surface area contributed by atoms with Crippen LogP contribution in [-0.4, -0.2) is 14.2 Å². The smallest absolute Gasteiger partial charge is 0.223 e. The lowest BCUT2D eigenvalue weighted by Gasteiger charge is -2.14. The Hall–Kier alpha value is -1.98. The molecular formula is C15H15NO3S. The summed E-state index contributed by atoms with van der Waals surface area (Å²) in [5.74, 6) is -0.515. The van der Waals surface area contributed by atoms with Crippen molar-refractivity contribution < 1.29 is 13.2 Å². The number of carbonyl (C=O) groups excluding carboxylic acids is 1. The van der Waals surface area contributed by atoms with Crippen molar-refractivity contribution >= 4 is 15.8 Å². The van der Waals surface area contributed by atoms with Crippen LogP contribution >= 0.6 is 0 Å². The number of primary sulfonamides is 1. The van der Waals surface area contributed by atoms with Gasteiger partial charge in [-0.25, -0.2) is 13.6 Å². The van der Waals surface area contributed by atoms with Gasteiger partial charge in [0, 0.05) is 5.56 Å². The number of carbonyl (C=O) groups is 1. The minimum Gasteiger partial charge on any atom is -0.292 e. The SMILES string of the molecule is Cc1ccc(C(=O)C(c2ccccc2)S(N)(=O)=O)cc1. The van der Waals surface area contributed by atoms with Crippen molar-refractivity contribution in [3.8, 4) is 0 Å². The van der Waals surface area contributed by atoms with Crippen molar-refractivity contribution in [3.63, 3.8) is 0 Å². The molecule has 4 nitrogen and oxygen atoms in total. The molecule has 0 aromatic heterocycles. The van der Waals surface area contributed by atoms with Gasteiger partial charge in [-0.3, -0.25) is 4.79 Å². The molecule has 5 heteroatoms. The molecule has 0 spiro atoms. The van der Waals surface area contributed by atoms with Crippen molar-refractivity contribution in [3.05, 3.63) is 71.3 Å². The number of benzene rings is 2. The van der Waals surface area contributed by atoms with Crippen molar-refractivity contribution in [2.24, 2.45) is 5.14 Å². The summed E-state index contributed by atoms with van der Waals surface area (Å²) in [6.45, 7) is 1.89. The highest BCUT2D eigenvalue weighted by atomic mass is 32.2. The van der Waals surface area contributed by atoms with Crippen LogP contribution in [0.15, 0.2) is 54.6 Å². The molecule has 0 fully saturated rings. The largest absolute Gasteiger partial charge is 0.292 e. The van der Waals surface area contributed by atoms with Crippen LogP contribution in [0.25, 0.3) is 0 Å². The van der Waals surface area contributed by atoms with E-state index in [1.807, 2.05) is 6.92 Å². The van der Waals surface area contributed by atoms with E-state index in [0.29, 0.717) is 11.1 Å². The normalized spacial score (nSPS) is 12.9. The molecule has 2 rings (SSSR count). The average Bonchev–Trinajstić information content (AvgIpc) is 2.39. The highest BCUT2D eigenvalue weighted by Gasteiger charge is 2.31. The second-order valence-corrected chi connectivity index (χ2v) is 6.26. The third kappa shape index (κ3) is 3.12. The highest BCUT2D eigenvalue weighted by Crippen LogP contribution is 2.25. The third-order valence-electron chi connectivity index (χ3n) is 3.01. The number of nitrogens with two attached hydrogens (primary N) is 1. The molecule has 0 radical (unpaired) electrons. The summed E-state index contributed by atoms with van der Waals surface area (Å²) < 4.78 is 23.5. The highest BCUT2D eigenvalue weighted by molar-refractivity contribution is 7.90. The molecule has 1 atom stereocenters. The lowest BCUT2D eigenvalue weighted by atomic mass is 10.0. The second-order valence-electron chi connectivity index (χ2n) is 4.61. The van der Waals surface area contributed by atoms with Gasteiger partial charge in [-0.05, 0) is 12.5 Å². The molecule has 2 aromatic carbocycles. The first kappa shape index (κ1) is 14.4. The summed E-state index contributed by atoms with van der Waals surface area (Å²) in [6, 6.07) is 15.0. The fraction of sp³-hybridized carbons (Fsp3) is 0.133. The summed E-state index contributed by atoms with van der Waals surface area (Å²) in [6.07, 6.45) is 0. The van der Waals surface area contributed by atoms with Crippen LogP contribution < -0.4 is 5.14 Å². The van der Waals surface area contributed by atoms with Gasteiger partial charge in [0.05, 0.1) is 0 Å². The van der Waals surface area contributed by atoms with Gasteiger partial charge in [0.1, 0.15) is 0 Å². The summed E-state index contributed by atoms with van der Waals surface area (Å²) in [5.41, 5.74) is 1.70. The van der Waals surface area contributed by atoms with Gasteiger partial charge in [-0.2, -0.15) is 0 Å². The van der Waals surface area contributed by atoms with Gasteiger partial charge in [-0.15, -0.1) is 0 Å². The van der Waals surface area contributed by atoms with Crippen LogP contribution in [0.1, 0.15) is 26.7 Å². The quantitative estimate of drug-likeness (QED) is 0.877. The van der Waals surface area contributed by atoms with E-state index < -0.39 is 21.1 Å². The molecular weight excluding hydrogens is 274 g/mol. The number of Topliss-reactive ketones (excluding diaryl/α,β-unsaturated/α-hetero) is 1. The van der Waals surface area contributed by atoms with Crippen LogP contribution in [0.2, 0.25) is 0 Å². The first-order valence-corrected chi connectivity index (χ1v) is 7.68. The van der Waals surface area contributed by atoms with E-state index in [1.54, 1.807) is 54.6 Å². The molecule has 0 amide bonds. The first-order chi connectivity index (χ1) is 9.39. The van der Waals surface area contributed by atoms with Crippen LogP contribution in [0.4, 0.5) is 0 Å². The molecule has 0 bridgehead atoms. The summed E-state index contributed by atoms with van der Waals surface area (Å²) in [7, 11) is -4.03. The molecule has 2 N–H and O–H groups in total. The molecule has 1 unspecified atom stereocenters. The molecule has 104 valence electrons. The average molecular weight is 289 g/mol. The van der Waals surface area contributed by atoms with Gasteiger partial charge < -0.3 is 0 Å². The number of hydrogen-bond acceptors (Lipinski definition) is 3. The Balaban J connectivity index is 2.48. The number of aryl methyl sites for hydroxylation is 1. The number of sulfonamides is 1. The van der Waals surface area contributed by atoms with E-state index in [2.05, 4.69) is 0 Å².